The van der Waals surface area contributed by atoms with Gasteiger partial charge in [-0.3, -0.25) is 0 Å². The van der Waals surface area contributed by atoms with Crippen LogP contribution in [0.3, 0.4) is 0 Å². The molecule has 0 saturated carbocycles. The van der Waals surface area contributed by atoms with Crippen LogP contribution in [0.5, 0.6) is 0 Å². The summed E-state index contributed by atoms with van der Waals surface area (Å²) in [7, 11) is 0. The molecular weight excluding hydrogens is 249 g/mol. The molecule has 20 heavy (non-hydrogen) atoms. The molecule has 0 aromatic heterocycles. The summed E-state index contributed by atoms with van der Waals surface area (Å²) in [6, 6.07) is 20.7. The third-order valence-corrected chi connectivity index (χ3v) is 3.62. The van der Waals surface area contributed by atoms with E-state index in [0.29, 0.717) is 12.0 Å². The van der Waals surface area contributed by atoms with E-state index in [1.54, 1.807) is 12.1 Å². The van der Waals surface area contributed by atoms with Crippen LogP contribution in [0.15, 0.2) is 66.7 Å². The maximum Gasteiger partial charge on any atom is 0.127 e. The maximum atomic E-state index is 13.8. The summed E-state index contributed by atoms with van der Waals surface area (Å²) in [6.07, 6.45) is 0.627. The van der Waals surface area contributed by atoms with Gasteiger partial charge in [0, 0.05) is 11.6 Å². The second-order valence-electron chi connectivity index (χ2n) is 4.97. The minimum Gasteiger partial charge on any atom is -0.324 e. The number of hydrogen-bond acceptors (Lipinski definition) is 1. The molecule has 0 bridgehead atoms. The first-order valence-electron chi connectivity index (χ1n) is 6.72. The second kappa shape index (κ2) is 5.43. The lowest BCUT2D eigenvalue weighted by atomic mass is 9.95. The first-order chi connectivity index (χ1) is 9.75. The van der Waals surface area contributed by atoms with Crippen LogP contribution in [0.4, 0.5) is 4.39 Å². The van der Waals surface area contributed by atoms with E-state index in [1.165, 1.54) is 16.8 Å². The van der Waals surface area contributed by atoms with Crippen molar-refractivity contribution in [1.29, 1.82) is 0 Å². The molecule has 3 aromatic rings. The number of halogens is 1. The molecule has 0 heterocycles. The second-order valence-corrected chi connectivity index (χ2v) is 4.97. The Morgan fingerprint density at radius 2 is 1.55 bits per heavy atom. The van der Waals surface area contributed by atoms with E-state index in [0.717, 1.165) is 5.56 Å². The smallest absolute Gasteiger partial charge is 0.127 e. The van der Waals surface area contributed by atoms with Crippen molar-refractivity contribution in [3.05, 3.63) is 83.7 Å². The molecule has 0 aliphatic carbocycles. The fourth-order valence-corrected chi connectivity index (χ4v) is 2.59. The summed E-state index contributed by atoms with van der Waals surface area (Å²) < 4.78 is 13.8. The van der Waals surface area contributed by atoms with Crippen LogP contribution in [0, 0.1) is 5.82 Å². The topological polar surface area (TPSA) is 26.0 Å². The van der Waals surface area contributed by atoms with Gasteiger partial charge >= 0.3 is 0 Å². The van der Waals surface area contributed by atoms with Gasteiger partial charge in [-0.2, -0.15) is 0 Å². The predicted molar refractivity (Wildman–Crippen MR) is 81.0 cm³/mol. The maximum absolute atomic E-state index is 13.8. The molecule has 1 atom stereocenters. The van der Waals surface area contributed by atoms with Gasteiger partial charge in [0.2, 0.25) is 0 Å². The fourth-order valence-electron chi connectivity index (χ4n) is 2.59. The molecule has 100 valence electrons. The average molecular weight is 265 g/mol. The third-order valence-electron chi connectivity index (χ3n) is 3.62. The van der Waals surface area contributed by atoms with E-state index in [4.69, 9.17) is 5.73 Å². The molecule has 0 aliphatic rings. The molecule has 0 saturated heterocycles. The average Bonchev–Trinajstić information content (AvgIpc) is 2.48. The summed E-state index contributed by atoms with van der Waals surface area (Å²) >= 11 is 0. The Hall–Kier alpha value is -2.19. The molecule has 0 aliphatic heterocycles. The van der Waals surface area contributed by atoms with Crippen molar-refractivity contribution in [3.63, 3.8) is 0 Å². The monoisotopic (exact) mass is 265 g/mol. The van der Waals surface area contributed by atoms with E-state index < -0.39 is 0 Å². The summed E-state index contributed by atoms with van der Waals surface area (Å²) in [5.74, 6) is -0.236. The Kier molecular flexibility index (Phi) is 3.48. The summed E-state index contributed by atoms with van der Waals surface area (Å²) in [4.78, 5) is 0. The zero-order valence-corrected chi connectivity index (χ0v) is 11.1. The summed E-state index contributed by atoms with van der Waals surface area (Å²) in [5, 5.41) is 2.37. The highest BCUT2D eigenvalue weighted by Gasteiger charge is 2.12. The van der Waals surface area contributed by atoms with Crippen molar-refractivity contribution < 1.29 is 4.39 Å². The van der Waals surface area contributed by atoms with Crippen LogP contribution in [0.25, 0.3) is 10.8 Å². The third kappa shape index (κ3) is 2.43. The standard InChI is InChI=1S/C18H16FN/c19-17-11-4-3-10-16(17)18(20)12-14-8-5-7-13-6-1-2-9-15(13)14/h1-11,18H,12,20H2. The molecule has 0 radical (unpaired) electrons. The van der Waals surface area contributed by atoms with E-state index in [1.807, 2.05) is 24.3 Å². The van der Waals surface area contributed by atoms with Crippen LogP contribution in [0.2, 0.25) is 0 Å². The van der Waals surface area contributed by atoms with Gasteiger partial charge in [0.15, 0.2) is 0 Å². The lowest BCUT2D eigenvalue weighted by Gasteiger charge is -2.14. The largest absolute Gasteiger partial charge is 0.324 e. The van der Waals surface area contributed by atoms with Crippen molar-refractivity contribution in [1.82, 2.24) is 0 Å². The number of hydrogen-bond donors (Lipinski definition) is 1. The van der Waals surface area contributed by atoms with E-state index >= 15 is 0 Å². The number of nitrogens with two attached hydrogens (primary N) is 1. The molecular formula is C18H16FN. The van der Waals surface area contributed by atoms with E-state index in [2.05, 4.69) is 24.3 Å². The minimum atomic E-state index is -0.331. The molecule has 3 rings (SSSR count). The van der Waals surface area contributed by atoms with Gasteiger partial charge in [0.25, 0.3) is 0 Å². The normalized spacial score (nSPS) is 12.5. The predicted octanol–water partition coefficient (Wildman–Crippen LogP) is 4.22. The number of rotatable bonds is 3. The van der Waals surface area contributed by atoms with Crippen LogP contribution in [-0.2, 0) is 6.42 Å². The van der Waals surface area contributed by atoms with Crippen LogP contribution >= 0.6 is 0 Å². The molecule has 0 fully saturated rings. The number of benzene rings is 3. The fraction of sp³-hybridized carbons (Fsp3) is 0.111. The molecule has 2 N–H and O–H groups in total. The van der Waals surface area contributed by atoms with Crippen molar-refractivity contribution in [2.45, 2.75) is 12.5 Å². The van der Waals surface area contributed by atoms with Crippen LogP contribution in [-0.4, -0.2) is 0 Å². The zero-order chi connectivity index (χ0) is 13.9. The summed E-state index contributed by atoms with van der Waals surface area (Å²) in [5.41, 5.74) is 7.90. The quantitative estimate of drug-likeness (QED) is 0.753. The SMILES string of the molecule is NC(Cc1cccc2ccccc12)c1ccccc1F. The van der Waals surface area contributed by atoms with E-state index in [9.17, 15) is 4.39 Å². The van der Waals surface area contributed by atoms with E-state index in [-0.39, 0.29) is 11.9 Å². The molecule has 1 unspecified atom stereocenters. The number of fused-ring (bicyclic) bond motifs is 1. The Morgan fingerprint density at radius 3 is 2.40 bits per heavy atom. The molecule has 3 aromatic carbocycles. The molecule has 2 heteroatoms. The highest BCUT2D eigenvalue weighted by atomic mass is 19.1. The Balaban J connectivity index is 1.96. The Morgan fingerprint density at radius 1 is 0.850 bits per heavy atom. The van der Waals surface area contributed by atoms with Gasteiger partial charge in [-0.25, -0.2) is 4.39 Å². The zero-order valence-electron chi connectivity index (χ0n) is 11.1. The lowest BCUT2D eigenvalue weighted by molar-refractivity contribution is 0.581. The lowest BCUT2D eigenvalue weighted by Crippen LogP contribution is -2.15. The van der Waals surface area contributed by atoms with Gasteiger partial charge in [-0.1, -0.05) is 60.7 Å². The van der Waals surface area contributed by atoms with Crippen LogP contribution in [0.1, 0.15) is 17.2 Å². The van der Waals surface area contributed by atoms with Gasteiger partial charge in [-0.05, 0) is 28.8 Å². The van der Waals surface area contributed by atoms with Gasteiger partial charge in [-0.15, -0.1) is 0 Å². The first kappa shape index (κ1) is 12.8. The van der Waals surface area contributed by atoms with Gasteiger partial charge in [0.1, 0.15) is 5.82 Å². The highest BCUT2D eigenvalue weighted by molar-refractivity contribution is 5.85. The summed E-state index contributed by atoms with van der Waals surface area (Å²) in [6.45, 7) is 0. The van der Waals surface area contributed by atoms with Gasteiger partial charge in [0.05, 0.1) is 0 Å². The molecule has 0 amide bonds. The van der Waals surface area contributed by atoms with Crippen molar-refractivity contribution in [2.24, 2.45) is 5.73 Å². The van der Waals surface area contributed by atoms with Crippen molar-refractivity contribution >= 4 is 10.8 Å². The van der Waals surface area contributed by atoms with Crippen LogP contribution < -0.4 is 5.73 Å². The Bertz CT molecular complexity index is 731. The molecule has 1 nitrogen and oxygen atoms in total. The van der Waals surface area contributed by atoms with Crippen molar-refractivity contribution in [2.75, 3.05) is 0 Å². The van der Waals surface area contributed by atoms with Crippen molar-refractivity contribution in [3.8, 4) is 0 Å². The Labute approximate surface area is 117 Å². The first-order valence-corrected chi connectivity index (χ1v) is 6.72. The molecule has 0 spiro atoms. The van der Waals surface area contributed by atoms with Gasteiger partial charge < -0.3 is 5.73 Å². The highest BCUT2D eigenvalue weighted by Crippen LogP contribution is 2.24. The minimum absolute atomic E-state index is 0.236.